The van der Waals surface area contributed by atoms with Gasteiger partial charge in [-0.3, -0.25) is 4.98 Å². The number of aryl methyl sites for hydroxylation is 1. The molecule has 0 bridgehead atoms. The van der Waals surface area contributed by atoms with Gasteiger partial charge >= 0.3 is 0 Å². The molecule has 4 unspecified atom stereocenters. The molecule has 0 radical (unpaired) electrons. The Labute approximate surface area is 122 Å². The minimum absolute atomic E-state index is 0.413. The molecule has 1 N–H and O–H groups in total. The second kappa shape index (κ2) is 6.23. The third kappa shape index (κ3) is 2.75. The van der Waals surface area contributed by atoms with Crippen molar-refractivity contribution in [2.75, 3.05) is 13.2 Å². The van der Waals surface area contributed by atoms with Gasteiger partial charge in [-0.05, 0) is 50.8 Å². The van der Waals surface area contributed by atoms with Crippen LogP contribution in [0.25, 0.3) is 0 Å². The molecule has 0 spiro atoms. The van der Waals surface area contributed by atoms with Crippen LogP contribution in [0.3, 0.4) is 0 Å². The Bertz CT molecular complexity index is 448. The van der Waals surface area contributed by atoms with Crippen molar-refractivity contribution >= 4 is 0 Å². The zero-order valence-electron chi connectivity index (χ0n) is 12.6. The van der Waals surface area contributed by atoms with E-state index in [0.29, 0.717) is 24.0 Å². The molecule has 3 rings (SSSR count). The summed E-state index contributed by atoms with van der Waals surface area (Å²) in [6, 6.07) is 4.83. The fourth-order valence-corrected chi connectivity index (χ4v) is 3.84. The molecule has 1 saturated heterocycles. The Morgan fingerprint density at radius 3 is 3.15 bits per heavy atom. The largest absolute Gasteiger partial charge is 0.378 e. The Hall–Kier alpha value is -0.930. The molecule has 1 aromatic heterocycles. The van der Waals surface area contributed by atoms with Gasteiger partial charge < -0.3 is 10.1 Å². The number of hydrogen-bond donors (Lipinski definition) is 1. The fraction of sp³-hybridized carbons (Fsp3) is 0.706. The van der Waals surface area contributed by atoms with E-state index in [4.69, 9.17) is 4.74 Å². The van der Waals surface area contributed by atoms with Crippen LogP contribution in [0.15, 0.2) is 18.3 Å². The average molecular weight is 274 g/mol. The smallest absolute Gasteiger partial charge is 0.0551 e. The average Bonchev–Trinajstić information content (AvgIpc) is 3.07. The molecule has 3 nitrogen and oxygen atoms in total. The Morgan fingerprint density at radius 1 is 1.50 bits per heavy atom. The highest BCUT2D eigenvalue weighted by Gasteiger charge is 2.38. The van der Waals surface area contributed by atoms with Gasteiger partial charge in [-0.25, -0.2) is 0 Å². The number of nitrogens with one attached hydrogen (secondary N) is 1. The minimum atomic E-state index is 0.413. The highest BCUT2D eigenvalue weighted by atomic mass is 16.5. The number of aromatic nitrogens is 1. The Kier molecular flexibility index (Phi) is 4.37. The summed E-state index contributed by atoms with van der Waals surface area (Å²) in [5, 5.41) is 3.79. The van der Waals surface area contributed by atoms with Crippen LogP contribution in [0.1, 0.15) is 50.3 Å². The lowest BCUT2D eigenvalue weighted by atomic mass is 9.85. The van der Waals surface area contributed by atoms with Gasteiger partial charge in [0.15, 0.2) is 0 Å². The molecule has 1 aromatic rings. The van der Waals surface area contributed by atoms with Crippen LogP contribution in [0, 0.1) is 5.92 Å². The molecular formula is C17H26N2O. The van der Waals surface area contributed by atoms with Gasteiger partial charge in [0.05, 0.1) is 12.7 Å². The van der Waals surface area contributed by atoms with Gasteiger partial charge in [-0.15, -0.1) is 0 Å². The van der Waals surface area contributed by atoms with E-state index in [9.17, 15) is 0 Å². The van der Waals surface area contributed by atoms with Crippen molar-refractivity contribution in [1.82, 2.24) is 10.3 Å². The normalized spacial score (nSPS) is 30.4. The third-order valence-electron chi connectivity index (χ3n) is 4.80. The lowest BCUT2D eigenvalue weighted by Gasteiger charge is -2.29. The van der Waals surface area contributed by atoms with Crippen LogP contribution in [0.5, 0.6) is 0 Å². The first-order valence-corrected chi connectivity index (χ1v) is 8.08. The van der Waals surface area contributed by atoms with Crippen molar-refractivity contribution in [3.05, 3.63) is 29.6 Å². The molecule has 0 saturated carbocycles. The van der Waals surface area contributed by atoms with E-state index in [2.05, 4.69) is 36.3 Å². The molecule has 0 aromatic carbocycles. The van der Waals surface area contributed by atoms with E-state index in [1.807, 2.05) is 6.20 Å². The summed E-state index contributed by atoms with van der Waals surface area (Å²) < 4.78 is 5.81. The van der Waals surface area contributed by atoms with Crippen LogP contribution >= 0.6 is 0 Å². The van der Waals surface area contributed by atoms with Crippen molar-refractivity contribution in [2.45, 2.75) is 57.6 Å². The molecule has 1 fully saturated rings. The first-order chi connectivity index (χ1) is 9.79. The van der Waals surface area contributed by atoms with Gasteiger partial charge in [-0.1, -0.05) is 13.0 Å². The highest BCUT2D eigenvalue weighted by molar-refractivity contribution is 5.30. The van der Waals surface area contributed by atoms with Crippen LogP contribution < -0.4 is 5.32 Å². The maximum absolute atomic E-state index is 5.81. The first kappa shape index (κ1) is 14.0. The monoisotopic (exact) mass is 274 g/mol. The fourth-order valence-electron chi connectivity index (χ4n) is 3.84. The maximum Gasteiger partial charge on any atom is 0.0551 e. The van der Waals surface area contributed by atoms with Crippen LogP contribution in [-0.2, 0) is 11.2 Å². The number of hydrogen-bond acceptors (Lipinski definition) is 3. The molecular weight excluding hydrogens is 248 g/mol. The molecule has 4 atom stereocenters. The van der Waals surface area contributed by atoms with Crippen molar-refractivity contribution in [3.8, 4) is 0 Å². The van der Waals surface area contributed by atoms with Crippen LogP contribution in [0.2, 0.25) is 0 Å². The van der Waals surface area contributed by atoms with E-state index < -0.39 is 0 Å². The van der Waals surface area contributed by atoms with E-state index in [1.54, 1.807) is 0 Å². The summed E-state index contributed by atoms with van der Waals surface area (Å²) in [6.07, 6.45) is 7.14. The lowest BCUT2D eigenvalue weighted by Crippen LogP contribution is -2.41. The molecule has 20 heavy (non-hydrogen) atoms. The van der Waals surface area contributed by atoms with E-state index in [0.717, 1.165) is 13.2 Å². The number of pyridine rings is 1. The van der Waals surface area contributed by atoms with Gasteiger partial charge in [0.2, 0.25) is 0 Å². The molecule has 2 heterocycles. The summed E-state index contributed by atoms with van der Waals surface area (Å²) in [4.78, 5) is 4.68. The summed E-state index contributed by atoms with van der Waals surface area (Å²) in [7, 11) is 0. The molecule has 3 heteroatoms. The van der Waals surface area contributed by atoms with Gasteiger partial charge in [0.1, 0.15) is 0 Å². The lowest BCUT2D eigenvalue weighted by molar-refractivity contribution is 0.115. The van der Waals surface area contributed by atoms with Crippen molar-refractivity contribution in [2.24, 2.45) is 5.92 Å². The maximum atomic E-state index is 5.81. The number of fused-ring (bicyclic) bond motifs is 1. The summed E-state index contributed by atoms with van der Waals surface area (Å²) in [5.74, 6) is 1.20. The number of ether oxygens (including phenoxy) is 1. The molecule has 110 valence electrons. The zero-order valence-corrected chi connectivity index (χ0v) is 12.6. The van der Waals surface area contributed by atoms with Crippen molar-refractivity contribution in [1.29, 1.82) is 0 Å². The predicted octanol–water partition coefficient (Wildman–Crippen LogP) is 2.90. The summed E-state index contributed by atoms with van der Waals surface area (Å²) in [6.45, 7) is 6.42. The second-order valence-electron chi connectivity index (χ2n) is 6.31. The van der Waals surface area contributed by atoms with Crippen LogP contribution in [0.4, 0.5) is 0 Å². The van der Waals surface area contributed by atoms with Gasteiger partial charge in [0.25, 0.3) is 0 Å². The van der Waals surface area contributed by atoms with Gasteiger partial charge in [0, 0.05) is 29.8 Å². The molecule has 1 aliphatic heterocycles. The predicted molar refractivity (Wildman–Crippen MR) is 80.9 cm³/mol. The topological polar surface area (TPSA) is 34.1 Å². The molecule has 0 amide bonds. The van der Waals surface area contributed by atoms with Gasteiger partial charge in [-0.2, -0.15) is 0 Å². The number of rotatable bonds is 5. The third-order valence-corrected chi connectivity index (χ3v) is 4.80. The van der Waals surface area contributed by atoms with Crippen molar-refractivity contribution < 1.29 is 4.74 Å². The number of nitrogens with zero attached hydrogens (tertiary/aromatic N) is 1. The SMILES string of the molecule is CCCNC(C1COC(C)C1)C1CCc2cccnc21. The molecule has 1 aliphatic carbocycles. The highest BCUT2D eigenvalue weighted by Crippen LogP contribution is 2.38. The second-order valence-corrected chi connectivity index (χ2v) is 6.31. The minimum Gasteiger partial charge on any atom is -0.378 e. The van der Waals surface area contributed by atoms with E-state index >= 15 is 0 Å². The Balaban J connectivity index is 1.79. The standard InChI is InChI=1S/C17H26N2O/c1-3-8-18-17(14-10-12(2)20-11-14)15-7-6-13-5-4-9-19-16(13)15/h4-5,9,12,14-15,17-18H,3,6-8,10-11H2,1-2H3. The summed E-state index contributed by atoms with van der Waals surface area (Å²) >= 11 is 0. The van der Waals surface area contributed by atoms with Crippen molar-refractivity contribution in [3.63, 3.8) is 0 Å². The summed E-state index contributed by atoms with van der Waals surface area (Å²) in [5.41, 5.74) is 2.79. The Morgan fingerprint density at radius 2 is 2.40 bits per heavy atom. The quantitative estimate of drug-likeness (QED) is 0.896. The first-order valence-electron chi connectivity index (χ1n) is 8.08. The van der Waals surface area contributed by atoms with Crippen LogP contribution in [-0.4, -0.2) is 30.3 Å². The van der Waals surface area contributed by atoms with E-state index in [-0.39, 0.29) is 0 Å². The zero-order chi connectivity index (χ0) is 13.9. The molecule has 2 aliphatic rings. The van der Waals surface area contributed by atoms with E-state index in [1.165, 1.54) is 36.9 Å².